The molecule has 0 aliphatic heterocycles. The van der Waals surface area contributed by atoms with Crippen molar-refractivity contribution in [2.75, 3.05) is 5.32 Å². The molecule has 0 saturated heterocycles. The molecular weight excluding hydrogens is 464 g/mol. The number of hydrogen-bond acceptors (Lipinski definition) is 10. The minimum absolute atomic E-state index is 0.253. The quantitative estimate of drug-likeness (QED) is 0.276. The Morgan fingerprint density at radius 3 is 2.69 bits per heavy atom. The van der Waals surface area contributed by atoms with Crippen LogP contribution in [0.4, 0.5) is 5.13 Å². The molecule has 0 atom stereocenters. The Morgan fingerprint density at radius 1 is 1.12 bits per heavy atom. The molecule has 2 heterocycles. The molecule has 1 N–H and O–H groups in total. The Morgan fingerprint density at radius 2 is 1.94 bits per heavy atom. The first-order chi connectivity index (χ1) is 15.6. The molecule has 0 aliphatic rings. The summed E-state index contributed by atoms with van der Waals surface area (Å²) in [7, 11) is 0. The van der Waals surface area contributed by atoms with Crippen LogP contribution in [0.15, 0.2) is 62.3 Å². The van der Waals surface area contributed by atoms with E-state index in [1.165, 1.54) is 34.9 Å². The van der Waals surface area contributed by atoms with Crippen LogP contribution in [-0.2, 0) is 11.5 Å². The van der Waals surface area contributed by atoms with E-state index in [4.69, 9.17) is 9.78 Å². The molecule has 4 rings (SSSR count). The van der Waals surface area contributed by atoms with Crippen LogP contribution >= 0.6 is 34.9 Å². The highest BCUT2D eigenvalue weighted by atomic mass is 32.2. The van der Waals surface area contributed by atoms with E-state index in [0.717, 1.165) is 14.8 Å². The van der Waals surface area contributed by atoms with Gasteiger partial charge in [0.2, 0.25) is 11.0 Å². The molecule has 0 aliphatic carbocycles. The Kier molecular flexibility index (Phi) is 7.16. The maximum absolute atomic E-state index is 12.8. The SMILES string of the molecule is Cc1nc(CSc2ccccc2C(=O)Nc2nnc(SCc3ccc(C#N)cc3)s2)no1. The zero-order valence-electron chi connectivity index (χ0n) is 16.8. The highest BCUT2D eigenvalue weighted by Gasteiger charge is 2.15. The molecule has 0 saturated carbocycles. The van der Waals surface area contributed by atoms with Crippen LogP contribution in [0.3, 0.4) is 0 Å². The number of amides is 1. The fourth-order valence-electron chi connectivity index (χ4n) is 2.63. The van der Waals surface area contributed by atoms with E-state index in [9.17, 15) is 4.79 Å². The van der Waals surface area contributed by atoms with Gasteiger partial charge < -0.3 is 4.52 Å². The third-order valence-electron chi connectivity index (χ3n) is 4.13. The maximum atomic E-state index is 12.8. The summed E-state index contributed by atoms with van der Waals surface area (Å²) in [6.07, 6.45) is 0. The highest BCUT2D eigenvalue weighted by Crippen LogP contribution is 2.30. The van der Waals surface area contributed by atoms with E-state index in [-0.39, 0.29) is 5.91 Å². The van der Waals surface area contributed by atoms with Gasteiger partial charge in [0.25, 0.3) is 5.91 Å². The Balaban J connectivity index is 1.36. The van der Waals surface area contributed by atoms with Crippen LogP contribution in [0.5, 0.6) is 0 Å². The minimum atomic E-state index is -0.253. The first kappa shape index (κ1) is 22.0. The second-order valence-electron chi connectivity index (χ2n) is 6.44. The highest BCUT2D eigenvalue weighted by molar-refractivity contribution is 8.00. The van der Waals surface area contributed by atoms with Crippen molar-refractivity contribution in [3.05, 3.63) is 76.9 Å². The van der Waals surface area contributed by atoms with Crippen molar-refractivity contribution < 1.29 is 9.32 Å². The summed E-state index contributed by atoms with van der Waals surface area (Å²) < 4.78 is 5.74. The zero-order chi connectivity index (χ0) is 22.3. The average molecular weight is 481 g/mol. The molecule has 0 fully saturated rings. The van der Waals surface area contributed by atoms with E-state index in [1.54, 1.807) is 25.1 Å². The van der Waals surface area contributed by atoms with Gasteiger partial charge in [-0.1, -0.05) is 52.5 Å². The number of carbonyl (C=O) groups excluding carboxylic acids is 1. The van der Waals surface area contributed by atoms with Gasteiger partial charge in [-0.2, -0.15) is 10.2 Å². The summed E-state index contributed by atoms with van der Waals surface area (Å²) in [6.45, 7) is 1.74. The molecule has 0 bridgehead atoms. The summed E-state index contributed by atoms with van der Waals surface area (Å²) >= 11 is 4.31. The Labute approximate surface area is 196 Å². The van der Waals surface area contributed by atoms with Crippen LogP contribution < -0.4 is 5.32 Å². The number of nitriles is 1. The van der Waals surface area contributed by atoms with Crippen molar-refractivity contribution in [1.82, 2.24) is 20.3 Å². The lowest BCUT2D eigenvalue weighted by molar-refractivity contribution is 0.102. The number of carbonyl (C=O) groups is 1. The maximum Gasteiger partial charge on any atom is 0.258 e. The van der Waals surface area contributed by atoms with Gasteiger partial charge in [-0.05, 0) is 29.8 Å². The lowest BCUT2D eigenvalue weighted by atomic mass is 10.2. The number of aromatic nitrogens is 4. The molecular formula is C21H16N6O2S3. The Bertz CT molecular complexity index is 1260. The average Bonchev–Trinajstić information content (AvgIpc) is 3.45. The van der Waals surface area contributed by atoms with Gasteiger partial charge >= 0.3 is 0 Å². The number of benzene rings is 2. The summed E-state index contributed by atoms with van der Waals surface area (Å²) in [6, 6.07) is 16.9. The smallest absolute Gasteiger partial charge is 0.258 e. The number of nitrogens with zero attached hydrogens (tertiary/aromatic N) is 5. The van der Waals surface area contributed by atoms with Crippen molar-refractivity contribution in [3.8, 4) is 6.07 Å². The molecule has 8 nitrogen and oxygen atoms in total. The molecule has 4 aromatic rings. The van der Waals surface area contributed by atoms with Crippen molar-refractivity contribution in [2.45, 2.75) is 27.7 Å². The van der Waals surface area contributed by atoms with E-state index in [1.807, 2.05) is 30.3 Å². The number of aryl methyl sites for hydroxylation is 1. The first-order valence-corrected chi connectivity index (χ1v) is 12.2. The van der Waals surface area contributed by atoms with Crippen LogP contribution in [0, 0.1) is 18.3 Å². The molecule has 1 amide bonds. The van der Waals surface area contributed by atoms with Crippen LogP contribution in [-0.4, -0.2) is 26.2 Å². The second-order valence-corrected chi connectivity index (χ2v) is 9.66. The molecule has 0 unspecified atom stereocenters. The van der Waals surface area contributed by atoms with Crippen molar-refractivity contribution in [3.63, 3.8) is 0 Å². The standard InChI is InChI=1S/C21H16N6O2S3/c1-13-23-18(27-29-13)12-30-17-5-3-2-4-16(17)19(28)24-20-25-26-21(32-20)31-11-15-8-6-14(10-22)7-9-15/h2-9H,11-12H2,1H3,(H,24,25,28). The van der Waals surface area contributed by atoms with Gasteiger partial charge in [0.1, 0.15) is 0 Å². The summed E-state index contributed by atoms with van der Waals surface area (Å²) in [4.78, 5) is 17.8. The molecule has 0 radical (unpaired) electrons. The summed E-state index contributed by atoms with van der Waals surface area (Å²) in [5.74, 6) is 2.03. The van der Waals surface area contributed by atoms with Crippen molar-refractivity contribution in [2.24, 2.45) is 0 Å². The second kappa shape index (κ2) is 10.4. The Hall–Kier alpha value is -3.20. The summed E-state index contributed by atoms with van der Waals surface area (Å²) in [5.41, 5.74) is 2.25. The molecule has 2 aromatic carbocycles. The van der Waals surface area contributed by atoms with Gasteiger partial charge in [0.05, 0.1) is 22.9 Å². The van der Waals surface area contributed by atoms with Gasteiger partial charge in [-0.3, -0.25) is 10.1 Å². The van der Waals surface area contributed by atoms with Crippen LogP contribution in [0.1, 0.15) is 33.2 Å². The molecule has 11 heteroatoms. The fraction of sp³-hybridized carbons (Fsp3) is 0.143. The van der Waals surface area contributed by atoms with Gasteiger partial charge in [0, 0.05) is 17.6 Å². The van der Waals surface area contributed by atoms with Crippen LogP contribution in [0.2, 0.25) is 0 Å². The molecule has 0 spiro atoms. The molecule has 160 valence electrons. The first-order valence-electron chi connectivity index (χ1n) is 9.38. The lowest BCUT2D eigenvalue weighted by Crippen LogP contribution is -2.12. The van der Waals surface area contributed by atoms with E-state index in [0.29, 0.717) is 39.5 Å². The largest absolute Gasteiger partial charge is 0.340 e. The third kappa shape index (κ3) is 5.73. The van der Waals surface area contributed by atoms with E-state index >= 15 is 0 Å². The van der Waals surface area contributed by atoms with Crippen LogP contribution in [0.25, 0.3) is 0 Å². The number of anilines is 1. The number of rotatable bonds is 8. The number of thioether (sulfide) groups is 2. The van der Waals surface area contributed by atoms with Gasteiger partial charge in [-0.15, -0.1) is 22.0 Å². The van der Waals surface area contributed by atoms with Crippen molar-refractivity contribution >= 4 is 45.9 Å². The minimum Gasteiger partial charge on any atom is -0.340 e. The lowest BCUT2D eigenvalue weighted by Gasteiger charge is -2.07. The normalized spacial score (nSPS) is 10.6. The monoisotopic (exact) mass is 480 g/mol. The zero-order valence-corrected chi connectivity index (χ0v) is 19.3. The molecule has 32 heavy (non-hydrogen) atoms. The van der Waals surface area contributed by atoms with Gasteiger partial charge in [-0.25, -0.2) is 0 Å². The van der Waals surface area contributed by atoms with E-state index in [2.05, 4.69) is 31.7 Å². The predicted molar refractivity (Wildman–Crippen MR) is 124 cm³/mol. The van der Waals surface area contributed by atoms with Gasteiger partial charge in [0.15, 0.2) is 10.2 Å². The van der Waals surface area contributed by atoms with E-state index < -0.39 is 0 Å². The predicted octanol–water partition coefficient (Wildman–Crippen LogP) is 4.94. The fourth-order valence-corrected chi connectivity index (χ4v) is 5.22. The van der Waals surface area contributed by atoms with Crippen molar-refractivity contribution in [1.29, 1.82) is 5.26 Å². The summed E-state index contributed by atoms with van der Waals surface area (Å²) in [5, 5.41) is 24.2. The number of nitrogens with one attached hydrogen (secondary N) is 1. The molecule has 2 aromatic heterocycles. The number of hydrogen-bond donors (Lipinski definition) is 1. The topological polar surface area (TPSA) is 118 Å². The third-order valence-corrected chi connectivity index (χ3v) is 7.24.